The highest BCUT2D eigenvalue weighted by atomic mass is 16.5. The molecule has 0 heterocycles. The molecule has 1 aromatic carbocycles. The molecule has 0 radical (unpaired) electrons. The molecule has 0 aliphatic heterocycles. The number of hydrogen-bond donors (Lipinski definition) is 1. The molecule has 1 N–H and O–H groups in total. The van der Waals surface area contributed by atoms with E-state index < -0.39 is 0 Å². The predicted octanol–water partition coefficient (Wildman–Crippen LogP) is 6.70. The van der Waals surface area contributed by atoms with E-state index in [-0.39, 0.29) is 17.1 Å². The summed E-state index contributed by atoms with van der Waals surface area (Å²) in [6.07, 6.45) is 9.22. The normalized spacial score (nSPS) is 42.2. The maximum atomic E-state index is 12.2. The van der Waals surface area contributed by atoms with Gasteiger partial charge < -0.3 is 10.1 Å². The third-order valence-corrected chi connectivity index (χ3v) is 10.7. The molecule has 3 heteroatoms. The predicted molar refractivity (Wildman–Crippen MR) is 129 cm³/mol. The van der Waals surface area contributed by atoms with Crippen LogP contribution in [0, 0.1) is 51.7 Å². The quantitative estimate of drug-likeness (QED) is 0.559. The van der Waals surface area contributed by atoms with Crippen molar-refractivity contribution < 1.29 is 9.53 Å². The molecule has 0 amide bonds. The molecule has 174 valence electrons. The molecule has 0 spiro atoms. The molecule has 0 aromatic heterocycles. The molecular weight excluding hydrogens is 394 g/mol. The number of Topliss-reactive ketones (excluding diaryl/α,β-unsaturated/α-hetero) is 1. The zero-order valence-corrected chi connectivity index (χ0v) is 20.2. The molecule has 32 heavy (non-hydrogen) atoms. The van der Waals surface area contributed by atoms with Gasteiger partial charge >= 0.3 is 0 Å². The third kappa shape index (κ3) is 3.50. The molecule has 1 unspecified atom stereocenters. The minimum atomic E-state index is 0.122. The van der Waals surface area contributed by atoms with E-state index in [0.29, 0.717) is 36.0 Å². The largest absolute Gasteiger partial charge is 0.376 e. The van der Waals surface area contributed by atoms with Gasteiger partial charge in [0.2, 0.25) is 0 Å². The Balaban J connectivity index is 1.26. The molecule has 1 aromatic rings. The van der Waals surface area contributed by atoms with Crippen molar-refractivity contribution in [2.45, 2.75) is 78.7 Å². The van der Waals surface area contributed by atoms with Crippen molar-refractivity contribution in [1.82, 2.24) is 0 Å². The Morgan fingerprint density at radius 2 is 1.75 bits per heavy atom. The minimum absolute atomic E-state index is 0.122. The molecule has 3 nitrogen and oxygen atoms in total. The third-order valence-electron chi connectivity index (χ3n) is 10.7. The van der Waals surface area contributed by atoms with Crippen LogP contribution in [-0.4, -0.2) is 18.1 Å². The fraction of sp³-hybridized carbons (Fsp3) is 0.724. The number of nitrogens with one attached hydrogen (secondary N) is 1. The zero-order chi connectivity index (χ0) is 22.5. The highest BCUT2D eigenvalue weighted by molar-refractivity contribution is 6.40. The second kappa shape index (κ2) is 8.38. The number of ether oxygens (including phenoxy) is 1. The van der Waals surface area contributed by atoms with Crippen molar-refractivity contribution in [2.24, 2.45) is 46.3 Å². The Hall–Kier alpha value is -1.48. The number of hydrogen-bond acceptors (Lipinski definition) is 3. The van der Waals surface area contributed by atoms with Gasteiger partial charge in [-0.15, -0.1) is 0 Å². The van der Waals surface area contributed by atoms with E-state index in [0.717, 1.165) is 37.2 Å². The Labute approximate surface area is 194 Å². The standard InChI is InChI=1S/C29H41NO2/c1-19(17-32-18-20-7-5-4-6-8-20)22-11-12-23-21-9-10-25-27(30)26(31)14-16-29(25,3)24(21)13-15-28(22,23)2/h4-8,19,21-25,30H,9-18H2,1-3H3/t19-,21-,22+,23-,24-,25?,28+,29+/m0/s1. The lowest BCUT2D eigenvalue weighted by atomic mass is 9.44. The van der Waals surface area contributed by atoms with Gasteiger partial charge in [-0.1, -0.05) is 51.1 Å². The first-order valence-electron chi connectivity index (χ1n) is 13.1. The SMILES string of the molecule is C[C@@H](COCc1ccccc1)[C@H]1CC[C@H]2[C@@H]3CCC4C(=N)C(=O)CC[C@]4(C)[C@H]3CC[C@]12C. The summed E-state index contributed by atoms with van der Waals surface area (Å²) in [7, 11) is 0. The Bertz CT molecular complexity index is 865. The fourth-order valence-electron chi connectivity index (χ4n) is 9.03. The molecule has 4 aliphatic carbocycles. The van der Waals surface area contributed by atoms with Gasteiger partial charge in [0.05, 0.1) is 12.3 Å². The van der Waals surface area contributed by atoms with Gasteiger partial charge in [-0.3, -0.25) is 4.79 Å². The van der Waals surface area contributed by atoms with Crippen molar-refractivity contribution in [2.75, 3.05) is 6.61 Å². The van der Waals surface area contributed by atoms with Crippen LogP contribution in [0.1, 0.15) is 77.7 Å². The van der Waals surface area contributed by atoms with Crippen LogP contribution in [0.25, 0.3) is 0 Å². The van der Waals surface area contributed by atoms with E-state index >= 15 is 0 Å². The molecule has 0 saturated heterocycles. The minimum Gasteiger partial charge on any atom is -0.376 e. The number of carbonyl (C=O) groups excluding carboxylic acids is 1. The van der Waals surface area contributed by atoms with Crippen LogP contribution in [0.5, 0.6) is 0 Å². The molecule has 4 saturated carbocycles. The lowest BCUT2D eigenvalue weighted by Crippen LogP contribution is -2.56. The Morgan fingerprint density at radius 3 is 2.53 bits per heavy atom. The smallest absolute Gasteiger partial charge is 0.176 e. The van der Waals surface area contributed by atoms with Gasteiger partial charge in [-0.2, -0.15) is 0 Å². The van der Waals surface area contributed by atoms with Crippen molar-refractivity contribution in [3.63, 3.8) is 0 Å². The van der Waals surface area contributed by atoms with Crippen LogP contribution in [-0.2, 0) is 16.1 Å². The Kier molecular flexibility index (Phi) is 5.85. The van der Waals surface area contributed by atoms with E-state index in [2.05, 4.69) is 51.1 Å². The summed E-state index contributed by atoms with van der Waals surface area (Å²) < 4.78 is 6.18. The van der Waals surface area contributed by atoms with Crippen LogP contribution in [0.15, 0.2) is 30.3 Å². The molecule has 4 fully saturated rings. The van der Waals surface area contributed by atoms with E-state index in [1.54, 1.807) is 0 Å². The van der Waals surface area contributed by atoms with Crippen LogP contribution in [0.2, 0.25) is 0 Å². The van der Waals surface area contributed by atoms with Gasteiger partial charge in [0.15, 0.2) is 5.78 Å². The van der Waals surface area contributed by atoms with Crippen LogP contribution in [0.4, 0.5) is 0 Å². The first-order chi connectivity index (χ1) is 15.3. The number of ketones is 1. The van der Waals surface area contributed by atoms with Crippen molar-refractivity contribution in [3.05, 3.63) is 35.9 Å². The topological polar surface area (TPSA) is 50.1 Å². The lowest BCUT2D eigenvalue weighted by Gasteiger charge is -2.60. The number of rotatable bonds is 5. The average Bonchev–Trinajstić information content (AvgIpc) is 3.15. The molecule has 4 aliphatic rings. The van der Waals surface area contributed by atoms with Gasteiger partial charge in [-0.05, 0) is 90.9 Å². The number of benzene rings is 1. The lowest BCUT2D eigenvalue weighted by molar-refractivity contribution is -0.123. The summed E-state index contributed by atoms with van der Waals surface area (Å²) in [6.45, 7) is 9.02. The van der Waals surface area contributed by atoms with Gasteiger partial charge in [0, 0.05) is 18.9 Å². The van der Waals surface area contributed by atoms with Crippen LogP contribution in [0.3, 0.4) is 0 Å². The summed E-state index contributed by atoms with van der Waals surface area (Å²) in [5.41, 5.74) is 2.33. The van der Waals surface area contributed by atoms with E-state index in [1.165, 1.54) is 37.7 Å². The zero-order valence-electron chi connectivity index (χ0n) is 20.2. The van der Waals surface area contributed by atoms with Crippen LogP contribution >= 0.6 is 0 Å². The molecule has 5 rings (SSSR count). The summed E-state index contributed by atoms with van der Waals surface area (Å²) in [5.74, 6) is 3.99. The Morgan fingerprint density at radius 1 is 1.00 bits per heavy atom. The summed E-state index contributed by atoms with van der Waals surface area (Å²) in [5, 5.41) is 8.49. The molecule has 0 bridgehead atoms. The van der Waals surface area contributed by atoms with Gasteiger partial charge in [0.25, 0.3) is 0 Å². The van der Waals surface area contributed by atoms with Crippen molar-refractivity contribution in [1.29, 1.82) is 5.41 Å². The second-order valence-electron chi connectivity index (χ2n) is 12.1. The van der Waals surface area contributed by atoms with Crippen LogP contribution < -0.4 is 0 Å². The monoisotopic (exact) mass is 435 g/mol. The van der Waals surface area contributed by atoms with E-state index in [9.17, 15) is 4.79 Å². The van der Waals surface area contributed by atoms with Gasteiger partial charge in [-0.25, -0.2) is 0 Å². The molecule has 8 atom stereocenters. The maximum Gasteiger partial charge on any atom is 0.176 e. The molecular formula is C29H41NO2. The van der Waals surface area contributed by atoms with Crippen molar-refractivity contribution in [3.8, 4) is 0 Å². The number of fused-ring (bicyclic) bond motifs is 5. The van der Waals surface area contributed by atoms with E-state index in [4.69, 9.17) is 10.1 Å². The maximum absolute atomic E-state index is 12.2. The summed E-state index contributed by atoms with van der Waals surface area (Å²) in [6, 6.07) is 10.5. The second-order valence-corrected chi connectivity index (χ2v) is 12.1. The first kappa shape index (κ1) is 22.3. The first-order valence-corrected chi connectivity index (χ1v) is 13.1. The van der Waals surface area contributed by atoms with E-state index in [1.807, 2.05) is 0 Å². The van der Waals surface area contributed by atoms with Crippen molar-refractivity contribution >= 4 is 11.5 Å². The summed E-state index contributed by atoms with van der Waals surface area (Å²) in [4.78, 5) is 12.2. The van der Waals surface area contributed by atoms with Gasteiger partial charge in [0.1, 0.15) is 0 Å². The summed E-state index contributed by atoms with van der Waals surface area (Å²) >= 11 is 0. The average molecular weight is 436 g/mol. The number of carbonyl (C=O) groups is 1. The fourth-order valence-corrected chi connectivity index (χ4v) is 9.03. The highest BCUT2D eigenvalue weighted by Crippen LogP contribution is 2.67. The highest BCUT2D eigenvalue weighted by Gasteiger charge is 2.61.